The molecule has 0 bridgehead atoms. The molecule has 2 aromatic carbocycles. The van der Waals surface area contributed by atoms with Gasteiger partial charge in [0.1, 0.15) is 30.5 Å². The molecule has 0 fully saturated rings. The Hall–Kier alpha value is -3.66. The molecule has 7 heteroatoms. The van der Waals surface area contributed by atoms with Gasteiger partial charge in [0.05, 0.1) is 17.1 Å². The molecule has 26 heavy (non-hydrogen) atoms. The van der Waals surface area contributed by atoms with Crippen LogP contribution in [0.4, 0.5) is 4.39 Å². The van der Waals surface area contributed by atoms with E-state index in [-0.39, 0.29) is 24.7 Å². The van der Waals surface area contributed by atoms with Crippen LogP contribution in [0, 0.1) is 17.1 Å². The zero-order valence-electron chi connectivity index (χ0n) is 13.5. The molecule has 0 saturated heterocycles. The lowest BCUT2D eigenvalue weighted by Crippen LogP contribution is -2.10. The summed E-state index contributed by atoms with van der Waals surface area (Å²) in [5, 5.41) is 18.3. The Balaban J connectivity index is 1.72. The monoisotopic (exact) mass is 352 g/mol. The minimum Gasteiger partial charge on any atom is -0.490 e. The third-order valence-corrected chi connectivity index (χ3v) is 3.54. The number of nitriles is 1. The van der Waals surface area contributed by atoms with Crippen LogP contribution in [0.25, 0.3) is 10.9 Å². The number of carboxylic acid groups (broad SMARTS) is 1. The molecule has 3 rings (SSSR count). The van der Waals surface area contributed by atoms with E-state index >= 15 is 0 Å². The average molecular weight is 352 g/mol. The summed E-state index contributed by atoms with van der Waals surface area (Å²) in [4.78, 5) is 15.2. The number of nitrogens with zero attached hydrogens (tertiary/aromatic N) is 2. The normalized spacial score (nSPS) is 10.3. The van der Waals surface area contributed by atoms with Crippen molar-refractivity contribution < 1.29 is 23.8 Å². The number of aromatic nitrogens is 1. The minimum atomic E-state index is -1.20. The number of halogens is 1. The number of carboxylic acids is 1. The molecule has 0 saturated carbocycles. The summed E-state index contributed by atoms with van der Waals surface area (Å²) in [7, 11) is 0. The molecule has 1 heterocycles. The molecule has 0 aliphatic carbocycles. The molecule has 0 atom stereocenters. The Labute approximate surface area is 148 Å². The molecule has 1 aromatic heterocycles. The van der Waals surface area contributed by atoms with E-state index in [4.69, 9.17) is 19.8 Å². The summed E-state index contributed by atoms with van der Waals surface area (Å²) < 4.78 is 24.6. The molecular weight excluding hydrogens is 339 g/mol. The van der Waals surface area contributed by atoms with Gasteiger partial charge in [0.2, 0.25) is 0 Å². The first kappa shape index (κ1) is 17.2. The summed E-state index contributed by atoms with van der Waals surface area (Å²) in [5.74, 6) is -0.879. The number of rotatable bonds is 6. The van der Waals surface area contributed by atoms with Crippen LogP contribution in [-0.4, -0.2) is 29.3 Å². The fourth-order valence-electron chi connectivity index (χ4n) is 2.33. The fourth-order valence-corrected chi connectivity index (χ4v) is 2.33. The standard InChI is InChI=1S/C19H13FN2O4/c20-13-3-6-16-15(9-13)18(10-17(22-16)19(23)24)26-8-7-25-14-4-1-12(11-21)2-5-14/h1-6,9-10H,7-8H2,(H,23,24). The van der Waals surface area contributed by atoms with Gasteiger partial charge in [0.15, 0.2) is 5.69 Å². The number of fused-ring (bicyclic) bond motifs is 1. The molecule has 6 nitrogen and oxygen atoms in total. The van der Waals surface area contributed by atoms with Crippen LogP contribution in [-0.2, 0) is 0 Å². The molecular formula is C19H13FN2O4. The lowest BCUT2D eigenvalue weighted by atomic mass is 10.1. The van der Waals surface area contributed by atoms with Crippen LogP contribution in [0.15, 0.2) is 48.5 Å². The van der Waals surface area contributed by atoms with Crippen LogP contribution >= 0.6 is 0 Å². The van der Waals surface area contributed by atoms with E-state index in [0.717, 1.165) is 0 Å². The highest BCUT2D eigenvalue weighted by molar-refractivity contribution is 5.93. The maximum absolute atomic E-state index is 13.5. The Bertz CT molecular complexity index is 997. The van der Waals surface area contributed by atoms with Crippen molar-refractivity contribution in [2.75, 3.05) is 13.2 Å². The minimum absolute atomic E-state index is 0.120. The predicted octanol–water partition coefficient (Wildman–Crippen LogP) is 3.40. The van der Waals surface area contributed by atoms with E-state index in [1.165, 1.54) is 24.3 Å². The molecule has 0 aliphatic rings. The zero-order valence-corrected chi connectivity index (χ0v) is 13.5. The van der Waals surface area contributed by atoms with Gasteiger partial charge in [-0.3, -0.25) is 0 Å². The van der Waals surface area contributed by atoms with Gasteiger partial charge in [-0.25, -0.2) is 14.2 Å². The van der Waals surface area contributed by atoms with E-state index in [2.05, 4.69) is 4.98 Å². The van der Waals surface area contributed by atoms with Crippen molar-refractivity contribution in [3.63, 3.8) is 0 Å². The Morgan fingerprint density at radius 1 is 1.12 bits per heavy atom. The maximum Gasteiger partial charge on any atom is 0.354 e. The van der Waals surface area contributed by atoms with Gasteiger partial charge >= 0.3 is 5.97 Å². The second-order valence-corrected chi connectivity index (χ2v) is 5.31. The van der Waals surface area contributed by atoms with E-state index in [9.17, 15) is 9.18 Å². The van der Waals surface area contributed by atoms with Crippen molar-refractivity contribution in [3.05, 3.63) is 65.6 Å². The first-order valence-corrected chi connectivity index (χ1v) is 7.66. The largest absolute Gasteiger partial charge is 0.490 e. The van der Waals surface area contributed by atoms with Gasteiger partial charge in [-0.1, -0.05) is 0 Å². The summed E-state index contributed by atoms with van der Waals surface area (Å²) >= 11 is 0. The van der Waals surface area contributed by atoms with Gasteiger partial charge in [-0.05, 0) is 42.5 Å². The molecule has 130 valence electrons. The molecule has 0 amide bonds. The Kier molecular flexibility index (Phi) is 4.94. The first-order chi connectivity index (χ1) is 12.6. The number of hydrogen-bond acceptors (Lipinski definition) is 5. The highest BCUT2D eigenvalue weighted by atomic mass is 19.1. The van der Waals surface area contributed by atoms with Crippen molar-refractivity contribution in [2.45, 2.75) is 0 Å². The van der Waals surface area contributed by atoms with E-state index < -0.39 is 11.8 Å². The third-order valence-electron chi connectivity index (χ3n) is 3.54. The van der Waals surface area contributed by atoms with E-state index in [1.807, 2.05) is 6.07 Å². The van der Waals surface area contributed by atoms with Crippen molar-refractivity contribution >= 4 is 16.9 Å². The van der Waals surface area contributed by atoms with Crippen molar-refractivity contribution in [3.8, 4) is 17.6 Å². The Morgan fingerprint density at radius 2 is 1.85 bits per heavy atom. The lowest BCUT2D eigenvalue weighted by Gasteiger charge is -2.11. The van der Waals surface area contributed by atoms with Gasteiger partial charge < -0.3 is 14.6 Å². The molecule has 0 radical (unpaired) electrons. The van der Waals surface area contributed by atoms with Crippen LogP contribution in [0.5, 0.6) is 11.5 Å². The second kappa shape index (κ2) is 7.49. The van der Waals surface area contributed by atoms with Crippen LogP contribution in [0.3, 0.4) is 0 Å². The lowest BCUT2D eigenvalue weighted by molar-refractivity contribution is 0.0690. The SMILES string of the molecule is N#Cc1ccc(OCCOc2cc(C(=O)O)nc3ccc(F)cc23)cc1. The van der Waals surface area contributed by atoms with Crippen molar-refractivity contribution in [1.82, 2.24) is 4.98 Å². The van der Waals surface area contributed by atoms with Crippen LogP contribution in [0.2, 0.25) is 0 Å². The Morgan fingerprint density at radius 3 is 2.54 bits per heavy atom. The molecule has 0 aliphatic heterocycles. The number of ether oxygens (including phenoxy) is 2. The number of pyridine rings is 1. The summed E-state index contributed by atoms with van der Waals surface area (Å²) in [5.41, 5.74) is 0.668. The quantitative estimate of drug-likeness (QED) is 0.684. The zero-order chi connectivity index (χ0) is 18.5. The molecule has 0 spiro atoms. The number of benzene rings is 2. The molecule has 1 N–H and O–H groups in total. The topological polar surface area (TPSA) is 92.4 Å². The van der Waals surface area contributed by atoms with Gasteiger partial charge in [-0.15, -0.1) is 0 Å². The van der Waals surface area contributed by atoms with Crippen LogP contribution in [0.1, 0.15) is 16.1 Å². The number of carbonyl (C=O) groups is 1. The number of hydrogen-bond donors (Lipinski definition) is 1. The molecule has 0 unspecified atom stereocenters. The predicted molar refractivity (Wildman–Crippen MR) is 90.8 cm³/mol. The summed E-state index contributed by atoms with van der Waals surface area (Å²) in [6, 6.07) is 13.7. The highest BCUT2D eigenvalue weighted by Gasteiger charge is 2.12. The van der Waals surface area contributed by atoms with E-state index in [1.54, 1.807) is 24.3 Å². The van der Waals surface area contributed by atoms with Crippen molar-refractivity contribution in [2.24, 2.45) is 0 Å². The first-order valence-electron chi connectivity index (χ1n) is 7.66. The van der Waals surface area contributed by atoms with Gasteiger partial charge in [0, 0.05) is 11.5 Å². The van der Waals surface area contributed by atoms with Crippen molar-refractivity contribution in [1.29, 1.82) is 5.26 Å². The van der Waals surface area contributed by atoms with Gasteiger partial charge in [-0.2, -0.15) is 5.26 Å². The number of aromatic carboxylic acids is 1. The van der Waals surface area contributed by atoms with Gasteiger partial charge in [0.25, 0.3) is 0 Å². The third kappa shape index (κ3) is 3.87. The summed E-state index contributed by atoms with van der Waals surface area (Å²) in [6.07, 6.45) is 0. The molecule has 3 aromatic rings. The smallest absolute Gasteiger partial charge is 0.354 e. The van der Waals surface area contributed by atoms with E-state index in [0.29, 0.717) is 22.2 Å². The second-order valence-electron chi connectivity index (χ2n) is 5.31. The highest BCUT2D eigenvalue weighted by Crippen LogP contribution is 2.26. The maximum atomic E-state index is 13.5. The average Bonchev–Trinajstić information content (AvgIpc) is 2.65. The summed E-state index contributed by atoms with van der Waals surface area (Å²) in [6.45, 7) is 0.308. The fraction of sp³-hybridized carbons (Fsp3) is 0.105. The van der Waals surface area contributed by atoms with Crippen LogP contribution < -0.4 is 9.47 Å².